The molecular formula is C12H15N3O4. The van der Waals surface area contributed by atoms with Crippen molar-refractivity contribution in [2.24, 2.45) is 0 Å². The number of aromatic nitrogens is 3. The second-order valence-corrected chi connectivity index (χ2v) is 4.25. The van der Waals surface area contributed by atoms with Gasteiger partial charge >= 0.3 is 5.69 Å². The molecule has 0 spiro atoms. The molecule has 102 valence electrons. The van der Waals surface area contributed by atoms with Gasteiger partial charge < -0.3 is 9.52 Å². The Morgan fingerprint density at radius 1 is 1.37 bits per heavy atom. The van der Waals surface area contributed by atoms with Crippen LogP contribution in [0.2, 0.25) is 0 Å². The molecule has 0 amide bonds. The van der Waals surface area contributed by atoms with Gasteiger partial charge in [0, 0.05) is 0 Å². The number of hydrogen-bond donors (Lipinski definition) is 2. The van der Waals surface area contributed by atoms with Gasteiger partial charge in [-0.1, -0.05) is 6.92 Å². The highest BCUT2D eigenvalue weighted by Crippen LogP contribution is 2.14. The second kappa shape index (κ2) is 4.75. The number of hydrogen-bond acceptors (Lipinski definition) is 5. The van der Waals surface area contributed by atoms with E-state index in [1.807, 2.05) is 0 Å². The van der Waals surface area contributed by atoms with Crippen LogP contribution in [-0.2, 0) is 13.0 Å². The summed E-state index contributed by atoms with van der Waals surface area (Å²) in [5, 5.41) is 9.96. The summed E-state index contributed by atoms with van der Waals surface area (Å²) in [6, 6.07) is 0. The molecule has 0 aliphatic heterocycles. The van der Waals surface area contributed by atoms with Crippen LogP contribution >= 0.6 is 0 Å². The van der Waals surface area contributed by atoms with Gasteiger partial charge in [0.15, 0.2) is 0 Å². The number of rotatable bonds is 3. The molecule has 19 heavy (non-hydrogen) atoms. The first-order valence-corrected chi connectivity index (χ1v) is 5.91. The highest BCUT2D eigenvalue weighted by Gasteiger charge is 2.15. The highest BCUT2D eigenvalue weighted by molar-refractivity contribution is 5.23. The molecule has 7 heteroatoms. The summed E-state index contributed by atoms with van der Waals surface area (Å²) in [7, 11) is 0. The predicted octanol–water partition coefficient (Wildman–Crippen LogP) is 0.458. The number of oxazole rings is 1. The molecule has 0 aromatic carbocycles. The maximum atomic E-state index is 11.7. The second-order valence-electron chi connectivity index (χ2n) is 4.25. The number of nitrogens with zero attached hydrogens (tertiary/aromatic N) is 2. The Morgan fingerprint density at radius 3 is 2.58 bits per heavy atom. The number of H-pyrrole nitrogens is 1. The normalized spacial score (nSPS) is 10.9. The summed E-state index contributed by atoms with van der Waals surface area (Å²) in [4.78, 5) is 29.5. The molecule has 0 saturated heterocycles. The SMILES string of the molecule is CCc1c(O)n(Cc2nc(C)c(C)o2)c(=O)[nH]c1=O. The molecule has 0 fully saturated rings. The van der Waals surface area contributed by atoms with Crippen molar-refractivity contribution in [3.05, 3.63) is 43.7 Å². The fourth-order valence-electron chi connectivity index (χ4n) is 1.81. The standard InChI is InChI=1S/C12H15N3O4/c1-4-8-10(16)14-12(18)15(11(8)17)5-9-13-6(2)7(3)19-9/h17H,4-5H2,1-3H3,(H,14,16,18). The van der Waals surface area contributed by atoms with E-state index in [0.29, 0.717) is 18.1 Å². The first kappa shape index (κ1) is 13.1. The van der Waals surface area contributed by atoms with Crippen LogP contribution in [0.25, 0.3) is 0 Å². The molecule has 0 bridgehead atoms. The van der Waals surface area contributed by atoms with Crippen molar-refractivity contribution < 1.29 is 9.52 Å². The molecule has 0 aliphatic rings. The fraction of sp³-hybridized carbons (Fsp3) is 0.417. The van der Waals surface area contributed by atoms with Crippen molar-refractivity contribution in [2.75, 3.05) is 0 Å². The van der Waals surface area contributed by atoms with E-state index in [4.69, 9.17) is 4.42 Å². The van der Waals surface area contributed by atoms with Gasteiger partial charge in [0.25, 0.3) is 5.56 Å². The molecular weight excluding hydrogens is 250 g/mol. The van der Waals surface area contributed by atoms with Crippen LogP contribution in [0.3, 0.4) is 0 Å². The summed E-state index contributed by atoms with van der Waals surface area (Å²) in [5.41, 5.74) is -0.364. The first-order chi connectivity index (χ1) is 8.93. The van der Waals surface area contributed by atoms with Gasteiger partial charge in [-0.05, 0) is 20.3 Å². The van der Waals surface area contributed by atoms with E-state index in [-0.39, 0.29) is 18.0 Å². The van der Waals surface area contributed by atoms with E-state index in [1.54, 1.807) is 20.8 Å². The smallest absolute Gasteiger partial charge is 0.331 e. The van der Waals surface area contributed by atoms with Gasteiger partial charge in [-0.3, -0.25) is 14.3 Å². The Balaban J connectivity index is 2.51. The molecule has 2 aromatic rings. The molecule has 0 radical (unpaired) electrons. The molecule has 0 saturated carbocycles. The quantitative estimate of drug-likeness (QED) is 0.839. The van der Waals surface area contributed by atoms with Crippen LogP contribution in [0.4, 0.5) is 0 Å². The van der Waals surface area contributed by atoms with E-state index < -0.39 is 11.2 Å². The number of aromatic amines is 1. The highest BCUT2D eigenvalue weighted by atomic mass is 16.4. The lowest BCUT2D eigenvalue weighted by atomic mass is 10.2. The maximum Gasteiger partial charge on any atom is 0.331 e. The van der Waals surface area contributed by atoms with E-state index in [2.05, 4.69) is 9.97 Å². The van der Waals surface area contributed by atoms with E-state index in [9.17, 15) is 14.7 Å². The molecule has 7 nitrogen and oxygen atoms in total. The molecule has 2 aromatic heterocycles. The first-order valence-electron chi connectivity index (χ1n) is 5.91. The topological polar surface area (TPSA) is 101 Å². The molecule has 2 rings (SSSR count). The third-order valence-electron chi connectivity index (χ3n) is 2.99. The van der Waals surface area contributed by atoms with E-state index >= 15 is 0 Å². The Morgan fingerprint density at radius 2 is 2.05 bits per heavy atom. The van der Waals surface area contributed by atoms with Crippen LogP contribution in [0.15, 0.2) is 14.0 Å². The Kier molecular flexibility index (Phi) is 3.28. The van der Waals surface area contributed by atoms with Crippen LogP contribution < -0.4 is 11.2 Å². The van der Waals surface area contributed by atoms with Crippen molar-refractivity contribution in [3.8, 4) is 5.88 Å². The summed E-state index contributed by atoms with van der Waals surface area (Å²) in [5.74, 6) is 0.619. The zero-order valence-electron chi connectivity index (χ0n) is 11.0. The lowest BCUT2D eigenvalue weighted by Crippen LogP contribution is -2.32. The lowest BCUT2D eigenvalue weighted by molar-refractivity contribution is 0.380. The minimum atomic E-state index is -0.687. The van der Waals surface area contributed by atoms with Crippen molar-refractivity contribution in [1.29, 1.82) is 0 Å². The van der Waals surface area contributed by atoms with Gasteiger partial charge in [0.05, 0.1) is 11.3 Å². The summed E-state index contributed by atoms with van der Waals surface area (Å²) < 4.78 is 6.39. The van der Waals surface area contributed by atoms with Crippen molar-refractivity contribution in [1.82, 2.24) is 14.5 Å². The largest absolute Gasteiger partial charge is 0.494 e. The van der Waals surface area contributed by atoms with Gasteiger partial charge in [-0.15, -0.1) is 0 Å². The Labute approximate surface area is 108 Å². The number of aromatic hydroxyl groups is 1. The van der Waals surface area contributed by atoms with Gasteiger partial charge in [0.1, 0.15) is 12.3 Å². The number of aryl methyl sites for hydroxylation is 2. The van der Waals surface area contributed by atoms with Crippen molar-refractivity contribution >= 4 is 0 Å². The van der Waals surface area contributed by atoms with Crippen molar-refractivity contribution in [2.45, 2.75) is 33.7 Å². The summed E-state index contributed by atoms with van der Waals surface area (Å²) >= 11 is 0. The third-order valence-corrected chi connectivity index (χ3v) is 2.99. The summed E-state index contributed by atoms with van der Waals surface area (Å²) in [6.07, 6.45) is 0.324. The van der Waals surface area contributed by atoms with Crippen LogP contribution in [0.1, 0.15) is 29.8 Å². The van der Waals surface area contributed by atoms with E-state index in [1.165, 1.54) is 0 Å². The van der Waals surface area contributed by atoms with Crippen LogP contribution in [0, 0.1) is 13.8 Å². The van der Waals surface area contributed by atoms with Gasteiger partial charge in [-0.25, -0.2) is 9.78 Å². The Bertz CT molecular complexity index is 704. The van der Waals surface area contributed by atoms with E-state index in [0.717, 1.165) is 10.3 Å². The zero-order valence-corrected chi connectivity index (χ0v) is 11.0. The molecule has 0 atom stereocenters. The molecule has 2 N–H and O–H groups in total. The Hall–Kier alpha value is -2.31. The third kappa shape index (κ3) is 2.31. The van der Waals surface area contributed by atoms with Crippen molar-refractivity contribution in [3.63, 3.8) is 0 Å². The maximum absolute atomic E-state index is 11.7. The average molecular weight is 265 g/mol. The average Bonchev–Trinajstić information content (AvgIpc) is 2.64. The van der Waals surface area contributed by atoms with Crippen LogP contribution in [-0.4, -0.2) is 19.6 Å². The van der Waals surface area contributed by atoms with Gasteiger partial charge in [0.2, 0.25) is 11.8 Å². The molecule has 2 heterocycles. The monoisotopic (exact) mass is 265 g/mol. The minimum absolute atomic E-state index is 0.0247. The predicted molar refractivity (Wildman–Crippen MR) is 67.4 cm³/mol. The minimum Gasteiger partial charge on any atom is -0.494 e. The molecule has 0 aliphatic carbocycles. The fourth-order valence-corrected chi connectivity index (χ4v) is 1.81. The zero-order chi connectivity index (χ0) is 14.2. The molecule has 0 unspecified atom stereocenters. The lowest BCUT2D eigenvalue weighted by Gasteiger charge is -2.08. The van der Waals surface area contributed by atoms with Gasteiger partial charge in [-0.2, -0.15) is 0 Å². The number of nitrogens with one attached hydrogen (secondary N) is 1. The van der Waals surface area contributed by atoms with Crippen LogP contribution in [0.5, 0.6) is 5.88 Å². The summed E-state index contributed by atoms with van der Waals surface area (Å²) in [6.45, 7) is 5.25.